The second-order valence-electron chi connectivity index (χ2n) is 7.00. The highest BCUT2D eigenvalue weighted by Gasteiger charge is 2.64. The van der Waals surface area contributed by atoms with Gasteiger partial charge in [-0.25, -0.2) is 5.11 Å². The van der Waals surface area contributed by atoms with Crippen LogP contribution < -0.4 is 0 Å². The molecule has 1 radical (unpaired) electrons. The molecule has 2 fully saturated rings. The molecule has 0 spiro atoms. The summed E-state index contributed by atoms with van der Waals surface area (Å²) in [6, 6.07) is 21.7. The van der Waals surface area contributed by atoms with Gasteiger partial charge in [-0.15, -0.1) is 0 Å². The highest BCUT2D eigenvalue weighted by molar-refractivity contribution is 5.48. The summed E-state index contributed by atoms with van der Waals surface area (Å²) in [6.45, 7) is 2.31. The Morgan fingerprint density at radius 1 is 1.08 bits per heavy atom. The summed E-state index contributed by atoms with van der Waals surface area (Å²) >= 11 is 0. The molecule has 3 atom stereocenters. The van der Waals surface area contributed by atoms with Crippen molar-refractivity contribution in [3.8, 4) is 0 Å². The second-order valence-corrected chi connectivity index (χ2v) is 7.00. The Morgan fingerprint density at radius 3 is 2.21 bits per heavy atom. The molecule has 0 amide bonds. The molecule has 0 aliphatic heterocycles. The molecule has 2 nitrogen and oxygen atoms in total. The van der Waals surface area contributed by atoms with Crippen LogP contribution in [-0.4, -0.2) is 6.61 Å². The fraction of sp³-hybridized carbons (Fsp3) is 0.364. The molecule has 0 heterocycles. The fourth-order valence-corrected chi connectivity index (χ4v) is 4.36. The Labute approximate surface area is 143 Å². The maximum Gasteiger partial charge on any atom is 0.326 e. The van der Waals surface area contributed by atoms with Crippen LogP contribution in [0, 0.1) is 17.8 Å². The van der Waals surface area contributed by atoms with Gasteiger partial charge in [0.2, 0.25) is 0 Å². The molecule has 0 saturated heterocycles. The van der Waals surface area contributed by atoms with Crippen LogP contribution in [-0.2, 0) is 15.3 Å². The van der Waals surface area contributed by atoms with E-state index in [1.165, 1.54) is 17.5 Å². The lowest BCUT2D eigenvalue weighted by Crippen LogP contribution is -2.13. The van der Waals surface area contributed by atoms with Gasteiger partial charge in [-0.05, 0) is 48.6 Å². The number of allylic oxidation sites excluding steroid dienone is 1. The Bertz CT molecular complexity index is 681. The smallest absolute Gasteiger partial charge is 0.326 e. The highest BCUT2D eigenvalue weighted by Crippen LogP contribution is 2.68. The first kappa shape index (κ1) is 15.3. The zero-order chi connectivity index (χ0) is 16.6. The Hall–Kier alpha value is -2.22. The maximum absolute atomic E-state index is 11.7. The highest BCUT2D eigenvalue weighted by atomic mass is 16.6. The minimum absolute atomic E-state index is 0.129. The van der Waals surface area contributed by atoms with E-state index in [1.807, 2.05) is 6.92 Å². The van der Waals surface area contributed by atoms with E-state index in [4.69, 9.17) is 4.74 Å². The predicted octanol–water partition coefficient (Wildman–Crippen LogP) is 4.94. The molecular formula is C22H23O2. The van der Waals surface area contributed by atoms with Crippen molar-refractivity contribution in [1.29, 1.82) is 0 Å². The van der Waals surface area contributed by atoms with Gasteiger partial charge < -0.3 is 4.74 Å². The van der Waals surface area contributed by atoms with E-state index in [1.54, 1.807) is 6.08 Å². The Balaban J connectivity index is 1.59. The Kier molecular flexibility index (Phi) is 3.84. The van der Waals surface area contributed by atoms with Gasteiger partial charge in [0.15, 0.2) is 0 Å². The van der Waals surface area contributed by atoms with Gasteiger partial charge in [0.05, 0.1) is 6.61 Å². The minimum atomic E-state index is -0.157. The summed E-state index contributed by atoms with van der Waals surface area (Å²) in [7, 11) is 0. The van der Waals surface area contributed by atoms with Crippen molar-refractivity contribution in [2.75, 3.05) is 6.61 Å². The number of hydrogen-bond acceptors (Lipinski definition) is 1. The van der Waals surface area contributed by atoms with Crippen molar-refractivity contribution < 1.29 is 9.84 Å². The van der Waals surface area contributed by atoms with Crippen LogP contribution in [0.3, 0.4) is 0 Å². The minimum Gasteiger partial charge on any atom is -0.463 e. The molecule has 2 heteroatoms. The first-order valence-electron chi connectivity index (χ1n) is 8.88. The number of benzene rings is 2. The normalized spacial score (nSPS) is 27.5. The quantitative estimate of drug-likeness (QED) is 0.694. The van der Waals surface area contributed by atoms with Crippen LogP contribution in [0.25, 0.3) is 0 Å². The lowest BCUT2D eigenvalue weighted by Gasteiger charge is -2.19. The van der Waals surface area contributed by atoms with Crippen LogP contribution >= 0.6 is 0 Å². The molecule has 0 aromatic heterocycles. The van der Waals surface area contributed by atoms with E-state index in [9.17, 15) is 5.11 Å². The average molecular weight is 319 g/mol. The van der Waals surface area contributed by atoms with E-state index >= 15 is 0 Å². The van der Waals surface area contributed by atoms with Crippen LogP contribution in [0.15, 0.2) is 72.7 Å². The van der Waals surface area contributed by atoms with E-state index < -0.39 is 0 Å². The summed E-state index contributed by atoms with van der Waals surface area (Å²) in [5.41, 5.74) is 2.94. The summed E-state index contributed by atoms with van der Waals surface area (Å²) < 4.78 is 5.07. The largest absolute Gasteiger partial charge is 0.463 e. The van der Waals surface area contributed by atoms with Crippen LogP contribution in [0.1, 0.15) is 30.9 Å². The van der Waals surface area contributed by atoms with Gasteiger partial charge in [-0.3, -0.25) is 0 Å². The van der Waals surface area contributed by atoms with Crippen molar-refractivity contribution in [2.45, 2.75) is 25.2 Å². The molecule has 2 aliphatic rings. The summed E-state index contributed by atoms with van der Waals surface area (Å²) in [6.07, 6.45) is 4.09. The third kappa shape index (κ3) is 2.60. The van der Waals surface area contributed by atoms with Crippen molar-refractivity contribution in [2.24, 2.45) is 17.8 Å². The van der Waals surface area contributed by atoms with E-state index in [2.05, 4.69) is 60.7 Å². The summed E-state index contributed by atoms with van der Waals surface area (Å²) in [5.74, 6) is 1.46. The Morgan fingerprint density at radius 2 is 1.67 bits per heavy atom. The molecule has 0 bridgehead atoms. The van der Waals surface area contributed by atoms with Crippen LogP contribution in [0.2, 0.25) is 0 Å². The first-order valence-corrected chi connectivity index (χ1v) is 8.88. The molecule has 24 heavy (non-hydrogen) atoms. The van der Waals surface area contributed by atoms with E-state index in [0.29, 0.717) is 24.4 Å². The van der Waals surface area contributed by atoms with E-state index in [-0.39, 0.29) is 11.4 Å². The number of ether oxygens (including phenoxy) is 1. The monoisotopic (exact) mass is 319 g/mol. The molecular weight excluding hydrogens is 296 g/mol. The zero-order valence-electron chi connectivity index (χ0n) is 14.0. The molecule has 0 N–H and O–H groups in total. The second kappa shape index (κ2) is 6.01. The van der Waals surface area contributed by atoms with Gasteiger partial charge in [0.1, 0.15) is 0 Å². The molecule has 2 aliphatic carbocycles. The molecule has 2 aromatic carbocycles. The van der Waals surface area contributed by atoms with Gasteiger partial charge >= 0.3 is 5.95 Å². The van der Waals surface area contributed by atoms with Gasteiger partial charge in [-0.2, -0.15) is 0 Å². The molecule has 0 unspecified atom stereocenters. The fourth-order valence-electron chi connectivity index (χ4n) is 4.36. The standard InChI is InChI=1S/C22H23O2/c1-2-24-21(23)14-16-13-19(16)20-15-22(20,17-9-5-3-6-10-17)18-11-7-4-8-12-18/h3-12,14,16,19-20H,2,13,15H2,1H3/t16-,19+,20-/m1/s1. The number of rotatable bonds is 6. The van der Waals surface area contributed by atoms with Gasteiger partial charge in [0.25, 0.3) is 0 Å². The first-order chi connectivity index (χ1) is 11.8. The predicted molar refractivity (Wildman–Crippen MR) is 93.8 cm³/mol. The van der Waals surface area contributed by atoms with Gasteiger partial charge in [-0.1, -0.05) is 60.7 Å². The third-order valence-electron chi connectivity index (χ3n) is 5.64. The molecule has 2 saturated carbocycles. The molecule has 123 valence electrons. The van der Waals surface area contributed by atoms with Gasteiger partial charge in [0, 0.05) is 11.5 Å². The van der Waals surface area contributed by atoms with Crippen molar-refractivity contribution in [3.63, 3.8) is 0 Å². The maximum atomic E-state index is 11.7. The molecule has 4 rings (SSSR count). The van der Waals surface area contributed by atoms with Crippen LogP contribution in [0.5, 0.6) is 0 Å². The number of hydrogen-bond donors (Lipinski definition) is 0. The average Bonchev–Trinajstić information content (AvgIpc) is 3.51. The molecule has 2 aromatic rings. The van der Waals surface area contributed by atoms with Crippen LogP contribution in [0.4, 0.5) is 0 Å². The SMILES string of the molecule is CCOC([O])=C[C@H]1C[C@@H]1[C@H]1CC1(c1ccccc1)c1ccccc1. The topological polar surface area (TPSA) is 29.1 Å². The van der Waals surface area contributed by atoms with Crippen molar-refractivity contribution in [1.82, 2.24) is 0 Å². The zero-order valence-corrected chi connectivity index (χ0v) is 14.0. The summed E-state index contributed by atoms with van der Waals surface area (Å²) in [4.78, 5) is 0. The third-order valence-corrected chi connectivity index (χ3v) is 5.64. The van der Waals surface area contributed by atoms with Crippen molar-refractivity contribution in [3.05, 3.63) is 83.8 Å². The lowest BCUT2D eigenvalue weighted by molar-refractivity contribution is 0.0581. The van der Waals surface area contributed by atoms with Crippen molar-refractivity contribution >= 4 is 0 Å². The lowest BCUT2D eigenvalue weighted by atomic mass is 9.84. The summed E-state index contributed by atoms with van der Waals surface area (Å²) in [5, 5.41) is 11.7. The van der Waals surface area contributed by atoms with E-state index in [0.717, 1.165) is 6.42 Å².